The van der Waals surface area contributed by atoms with Gasteiger partial charge >= 0.3 is 19.5 Å². The SMILES string of the molecule is CC(=O)O[C@@H]1[C@@H](CO[P@@]2(=O)OCC[C@@H](c3cccc(Cl)c3)O2)O[C@@H](n2ccc(=O)[nH]c2=O)[C@]1(C)O. The number of benzene rings is 1. The van der Waals surface area contributed by atoms with Crippen LogP contribution in [0.2, 0.25) is 5.02 Å². The summed E-state index contributed by atoms with van der Waals surface area (Å²) >= 11 is 6.04. The molecule has 0 radical (unpaired) electrons. The molecule has 0 unspecified atom stereocenters. The van der Waals surface area contributed by atoms with Crippen molar-refractivity contribution in [1.82, 2.24) is 9.55 Å². The maximum Gasteiger partial charge on any atom is 0.475 e. The number of carbonyl (C=O) groups is 1. The fourth-order valence-electron chi connectivity index (χ4n) is 4.03. The van der Waals surface area contributed by atoms with Crippen LogP contribution < -0.4 is 11.2 Å². The number of hydrogen-bond acceptors (Lipinski definition) is 10. The Morgan fingerprint density at radius 3 is 2.83 bits per heavy atom. The predicted molar refractivity (Wildman–Crippen MR) is 121 cm³/mol. The van der Waals surface area contributed by atoms with E-state index in [-0.39, 0.29) is 6.61 Å². The maximum absolute atomic E-state index is 13.2. The topological polar surface area (TPSA) is 155 Å². The number of nitrogens with zero attached hydrogens (tertiary/aromatic N) is 1. The second-order valence-electron chi connectivity index (χ2n) is 8.31. The minimum Gasteiger partial charge on any atom is -0.456 e. The van der Waals surface area contributed by atoms with Gasteiger partial charge in [0.1, 0.15) is 11.7 Å². The van der Waals surface area contributed by atoms with Crippen molar-refractivity contribution in [3.63, 3.8) is 0 Å². The monoisotopic (exact) mass is 530 g/mol. The van der Waals surface area contributed by atoms with Crippen LogP contribution in [0.1, 0.15) is 38.2 Å². The van der Waals surface area contributed by atoms with Crippen LogP contribution in [0.25, 0.3) is 0 Å². The molecule has 35 heavy (non-hydrogen) atoms. The zero-order valence-electron chi connectivity index (χ0n) is 18.8. The Kier molecular flexibility index (Phi) is 7.35. The van der Waals surface area contributed by atoms with Gasteiger partial charge < -0.3 is 14.6 Å². The molecule has 190 valence electrons. The normalized spacial score (nSPS) is 32.9. The first-order valence-corrected chi connectivity index (χ1v) is 12.5. The summed E-state index contributed by atoms with van der Waals surface area (Å²) in [4.78, 5) is 37.5. The molecule has 4 rings (SSSR count). The van der Waals surface area contributed by atoms with E-state index in [2.05, 4.69) is 4.98 Å². The standard InChI is InChI=1S/C21H24ClN2O10P/c1-12(25)32-18-16(33-19(21(18,2)28)24-8-6-17(26)23-20(24)27)11-31-35(29)30-9-7-15(34-35)13-4-3-5-14(22)10-13/h3-6,8,10,15-16,18-19,28H,7,9,11H2,1-2H3,(H,23,26,27)/t15-,16+,18+,19+,21+,35+/m0/s1. The second-order valence-corrected chi connectivity index (χ2v) is 10.4. The van der Waals surface area contributed by atoms with E-state index in [0.717, 1.165) is 23.8 Å². The summed E-state index contributed by atoms with van der Waals surface area (Å²) < 4.78 is 41.6. The molecule has 1 aromatic heterocycles. The van der Waals surface area contributed by atoms with Crippen LogP contribution in [0, 0.1) is 0 Å². The third kappa shape index (κ3) is 5.59. The summed E-state index contributed by atoms with van der Waals surface area (Å²) in [5.74, 6) is -0.726. The number of carbonyl (C=O) groups excluding carboxylic acids is 1. The van der Waals surface area contributed by atoms with Crippen LogP contribution in [0.4, 0.5) is 0 Å². The summed E-state index contributed by atoms with van der Waals surface area (Å²) in [5.41, 5.74) is -2.71. The van der Waals surface area contributed by atoms with Gasteiger partial charge in [-0.1, -0.05) is 23.7 Å². The van der Waals surface area contributed by atoms with E-state index in [0.29, 0.717) is 17.0 Å². The zero-order chi connectivity index (χ0) is 25.4. The van der Waals surface area contributed by atoms with Gasteiger partial charge in [0.05, 0.1) is 19.3 Å². The summed E-state index contributed by atoms with van der Waals surface area (Å²) in [6, 6.07) is 7.96. The van der Waals surface area contributed by atoms with Crippen LogP contribution in [0.15, 0.2) is 46.1 Å². The Labute approximate surface area is 204 Å². The van der Waals surface area contributed by atoms with Gasteiger partial charge in [-0.05, 0) is 24.6 Å². The lowest BCUT2D eigenvalue weighted by Crippen LogP contribution is -2.48. The van der Waals surface area contributed by atoms with Gasteiger partial charge in [0, 0.05) is 30.6 Å². The van der Waals surface area contributed by atoms with Gasteiger partial charge in [0.15, 0.2) is 12.3 Å². The quantitative estimate of drug-likeness (QED) is 0.418. The molecule has 0 amide bonds. The van der Waals surface area contributed by atoms with Gasteiger partial charge in [-0.3, -0.25) is 32.7 Å². The van der Waals surface area contributed by atoms with E-state index in [9.17, 15) is 24.1 Å². The highest BCUT2D eigenvalue weighted by molar-refractivity contribution is 7.48. The number of halogens is 1. The van der Waals surface area contributed by atoms with Crippen molar-refractivity contribution in [3.8, 4) is 0 Å². The number of hydrogen-bond donors (Lipinski definition) is 2. The number of phosphoric acid groups is 1. The smallest absolute Gasteiger partial charge is 0.456 e. The molecule has 2 saturated heterocycles. The molecule has 6 atom stereocenters. The van der Waals surface area contributed by atoms with Gasteiger partial charge in [0.25, 0.3) is 5.56 Å². The summed E-state index contributed by atoms with van der Waals surface area (Å²) in [5, 5.41) is 11.6. The van der Waals surface area contributed by atoms with Crippen molar-refractivity contribution in [1.29, 1.82) is 0 Å². The van der Waals surface area contributed by atoms with E-state index in [1.54, 1.807) is 24.3 Å². The molecule has 14 heteroatoms. The lowest BCUT2D eigenvalue weighted by molar-refractivity contribution is -0.161. The molecule has 1 aromatic carbocycles. The summed E-state index contributed by atoms with van der Waals surface area (Å²) in [6.45, 7) is 2.05. The minimum atomic E-state index is -4.07. The van der Waals surface area contributed by atoms with Gasteiger partial charge in [0.2, 0.25) is 0 Å². The third-order valence-corrected chi connectivity index (χ3v) is 7.33. The number of rotatable bonds is 6. The zero-order valence-corrected chi connectivity index (χ0v) is 20.4. The maximum atomic E-state index is 13.2. The molecule has 2 N–H and O–H groups in total. The van der Waals surface area contributed by atoms with Crippen molar-refractivity contribution in [2.24, 2.45) is 0 Å². The molecule has 12 nitrogen and oxygen atoms in total. The third-order valence-electron chi connectivity index (χ3n) is 5.62. The number of ether oxygens (including phenoxy) is 2. The highest BCUT2D eigenvalue weighted by Gasteiger charge is 2.57. The Hall–Kier alpha value is -2.31. The highest BCUT2D eigenvalue weighted by Crippen LogP contribution is 2.57. The van der Waals surface area contributed by atoms with Gasteiger partial charge in [-0.15, -0.1) is 0 Å². The fourth-order valence-corrected chi connectivity index (χ4v) is 5.62. The first kappa shape index (κ1) is 25.8. The predicted octanol–water partition coefficient (Wildman–Crippen LogP) is 2.07. The molecule has 2 aromatic rings. The second kappa shape index (κ2) is 9.98. The number of esters is 1. The van der Waals surface area contributed by atoms with Crippen molar-refractivity contribution >= 4 is 25.4 Å². The molecule has 0 spiro atoms. The Morgan fingerprint density at radius 1 is 1.37 bits per heavy atom. The molecule has 0 saturated carbocycles. The van der Waals surface area contributed by atoms with Crippen LogP contribution in [-0.4, -0.2) is 51.6 Å². The largest absolute Gasteiger partial charge is 0.475 e. The first-order chi connectivity index (χ1) is 16.5. The number of aromatic nitrogens is 2. The van der Waals surface area contributed by atoms with Crippen LogP contribution in [0.3, 0.4) is 0 Å². The minimum absolute atomic E-state index is 0.0838. The summed E-state index contributed by atoms with van der Waals surface area (Å²) in [6.07, 6.45) is -2.89. The molecule has 0 aliphatic carbocycles. The summed E-state index contributed by atoms with van der Waals surface area (Å²) in [7, 11) is -4.07. The van der Waals surface area contributed by atoms with E-state index in [4.69, 9.17) is 34.6 Å². The van der Waals surface area contributed by atoms with Crippen molar-refractivity contribution < 1.29 is 37.5 Å². The molecule has 2 aliphatic heterocycles. The van der Waals surface area contributed by atoms with Gasteiger partial charge in [-0.25, -0.2) is 9.36 Å². The lowest BCUT2D eigenvalue weighted by atomic mass is 9.96. The first-order valence-electron chi connectivity index (χ1n) is 10.7. The molecule has 2 aliphatic rings. The number of phosphoric ester groups is 1. The number of aromatic amines is 1. The van der Waals surface area contributed by atoms with Crippen molar-refractivity contribution in [2.45, 2.75) is 50.4 Å². The van der Waals surface area contributed by atoms with E-state index in [1.165, 1.54) is 6.92 Å². The van der Waals surface area contributed by atoms with Gasteiger partial charge in [-0.2, -0.15) is 0 Å². The molecular weight excluding hydrogens is 507 g/mol. The molecular formula is C21H24ClN2O10P. The Balaban J connectivity index is 1.53. The molecule has 0 bridgehead atoms. The van der Waals surface area contributed by atoms with Crippen LogP contribution in [0.5, 0.6) is 0 Å². The Bertz CT molecular complexity index is 1260. The van der Waals surface area contributed by atoms with E-state index >= 15 is 0 Å². The van der Waals surface area contributed by atoms with Crippen LogP contribution in [-0.2, 0) is 32.4 Å². The number of H-pyrrole nitrogens is 1. The highest BCUT2D eigenvalue weighted by atomic mass is 35.5. The number of aliphatic hydroxyl groups is 1. The van der Waals surface area contributed by atoms with E-state index < -0.39 is 61.8 Å². The lowest BCUT2D eigenvalue weighted by Gasteiger charge is -2.31. The average molecular weight is 531 g/mol. The fraction of sp³-hybridized carbons (Fsp3) is 0.476. The van der Waals surface area contributed by atoms with E-state index in [1.807, 2.05) is 0 Å². The average Bonchev–Trinajstić information content (AvgIpc) is 3.02. The molecule has 2 fully saturated rings. The van der Waals surface area contributed by atoms with Crippen molar-refractivity contribution in [3.05, 3.63) is 68.0 Å². The Morgan fingerprint density at radius 2 is 2.14 bits per heavy atom. The molecule has 3 heterocycles. The van der Waals surface area contributed by atoms with Crippen molar-refractivity contribution in [2.75, 3.05) is 13.2 Å². The number of nitrogens with one attached hydrogen (secondary N) is 1. The van der Waals surface area contributed by atoms with Crippen LogP contribution >= 0.6 is 19.4 Å².